The van der Waals surface area contributed by atoms with Crippen molar-refractivity contribution in [3.63, 3.8) is 0 Å². The number of carbonyl (C=O) groups is 2. The van der Waals surface area contributed by atoms with Crippen LogP contribution in [0.2, 0.25) is 0 Å². The molecule has 3 N–H and O–H groups in total. The molecule has 1 unspecified atom stereocenters. The second-order valence-electron chi connectivity index (χ2n) is 6.08. The van der Waals surface area contributed by atoms with Gasteiger partial charge in [-0.25, -0.2) is 4.79 Å². The standard InChI is InChI=1S/C19H20N2O3/c20-19(18(23)24)12-7-13-21(19)17(22)16(14-8-3-1-4-9-14)15-10-5-2-6-11-15/h1-6,8-11,16H,7,12-13,20H2,(H,23,24). The van der Waals surface area contributed by atoms with Crippen molar-refractivity contribution in [1.82, 2.24) is 4.90 Å². The summed E-state index contributed by atoms with van der Waals surface area (Å²) in [6.07, 6.45) is 0.856. The number of carbonyl (C=O) groups excluding carboxylic acids is 1. The SMILES string of the molecule is NC1(C(=O)O)CCCN1C(=O)C(c1ccccc1)c1ccccc1. The van der Waals surface area contributed by atoms with Gasteiger partial charge in [0.25, 0.3) is 0 Å². The quantitative estimate of drug-likeness (QED) is 0.903. The van der Waals surface area contributed by atoms with E-state index < -0.39 is 17.6 Å². The van der Waals surface area contributed by atoms with Gasteiger partial charge >= 0.3 is 5.97 Å². The number of hydrogen-bond acceptors (Lipinski definition) is 3. The summed E-state index contributed by atoms with van der Waals surface area (Å²) in [6.45, 7) is 0.359. The molecule has 0 spiro atoms. The summed E-state index contributed by atoms with van der Waals surface area (Å²) in [7, 11) is 0. The minimum atomic E-state index is -1.63. The van der Waals surface area contributed by atoms with Gasteiger partial charge in [0.2, 0.25) is 5.91 Å². The fraction of sp³-hybridized carbons (Fsp3) is 0.263. The molecule has 1 atom stereocenters. The first kappa shape index (κ1) is 16.2. The number of carboxylic acid groups (broad SMARTS) is 1. The summed E-state index contributed by atoms with van der Waals surface area (Å²) >= 11 is 0. The van der Waals surface area contributed by atoms with Gasteiger partial charge in [-0.1, -0.05) is 60.7 Å². The molecule has 0 bridgehead atoms. The van der Waals surface area contributed by atoms with Crippen molar-refractivity contribution in [3.05, 3.63) is 71.8 Å². The monoisotopic (exact) mass is 324 g/mol. The molecule has 1 amide bonds. The highest BCUT2D eigenvalue weighted by Crippen LogP contribution is 2.33. The number of benzene rings is 2. The highest BCUT2D eigenvalue weighted by atomic mass is 16.4. The Labute approximate surface area is 140 Å². The van der Waals surface area contributed by atoms with E-state index in [1.807, 2.05) is 60.7 Å². The second kappa shape index (κ2) is 6.45. The third-order valence-electron chi connectivity index (χ3n) is 4.57. The summed E-state index contributed by atoms with van der Waals surface area (Å²) in [5.41, 5.74) is 6.07. The smallest absolute Gasteiger partial charge is 0.344 e. The van der Waals surface area contributed by atoms with E-state index in [-0.39, 0.29) is 12.3 Å². The molecule has 1 fully saturated rings. The first-order chi connectivity index (χ1) is 11.5. The van der Waals surface area contributed by atoms with Gasteiger partial charge in [-0.15, -0.1) is 0 Å². The molecule has 2 aromatic rings. The lowest BCUT2D eigenvalue weighted by Crippen LogP contribution is -2.60. The van der Waals surface area contributed by atoms with Crippen LogP contribution in [0.15, 0.2) is 60.7 Å². The van der Waals surface area contributed by atoms with E-state index in [1.165, 1.54) is 4.90 Å². The molecule has 5 nitrogen and oxygen atoms in total. The van der Waals surface area contributed by atoms with Crippen LogP contribution in [-0.4, -0.2) is 34.1 Å². The Morgan fingerprint density at radius 3 is 1.96 bits per heavy atom. The molecule has 1 aliphatic heterocycles. The van der Waals surface area contributed by atoms with Crippen LogP contribution >= 0.6 is 0 Å². The lowest BCUT2D eigenvalue weighted by Gasteiger charge is -2.34. The molecular formula is C19H20N2O3. The lowest BCUT2D eigenvalue weighted by atomic mass is 9.89. The van der Waals surface area contributed by atoms with Gasteiger partial charge in [-0.2, -0.15) is 0 Å². The number of likely N-dealkylation sites (tertiary alicyclic amines) is 1. The minimum absolute atomic E-state index is 0.268. The van der Waals surface area contributed by atoms with E-state index >= 15 is 0 Å². The van der Waals surface area contributed by atoms with Crippen LogP contribution in [0.4, 0.5) is 0 Å². The Morgan fingerprint density at radius 1 is 1.00 bits per heavy atom. The van der Waals surface area contributed by atoms with Crippen LogP contribution in [0.5, 0.6) is 0 Å². The Bertz CT molecular complexity index is 693. The van der Waals surface area contributed by atoms with Crippen molar-refractivity contribution in [2.45, 2.75) is 24.4 Å². The maximum Gasteiger partial charge on any atom is 0.344 e. The molecule has 0 aliphatic carbocycles. The van der Waals surface area contributed by atoms with E-state index in [0.29, 0.717) is 13.0 Å². The molecule has 24 heavy (non-hydrogen) atoms. The molecule has 0 aromatic heterocycles. The molecule has 0 saturated carbocycles. The second-order valence-corrected chi connectivity index (χ2v) is 6.08. The molecule has 1 saturated heterocycles. The Hall–Kier alpha value is -2.66. The van der Waals surface area contributed by atoms with Gasteiger partial charge in [0, 0.05) is 6.54 Å². The number of hydrogen-bond donors (Lipinski definition) is 2. The van der Waals surface area contributed by atoms with Gasteiger partial charge in [-0.3, -0.25) is 10.5 Å². The predicted molar refractivity (Wildman–Crippen MR) is 90.2 cm³/mol. The van der Waals surface area contributed by atoms with Crippen LogP contribution in [-0.2, 0) is 9.59 Å². The highest BCUT2D eigenvalue weighted by molar-refractivity contribution is 5.92. The predicted octanol–water partition coefficient (Wildman–Crippen LogP) is 2.18. The molecular weight excluding hydrogens is 304 g/mol. The van der Waals surface area contributed by atoms with Gasteiger partial charge in [0.1, 0.15) is 0 Å². The molecule has 5 heteroatoms. The fourth-order valence-corrected chi connectivity index (χ4v) is 3.29. The number of nitrogens with two attached hydrogens (primary N) is 1. The molecule has 2 aromatic carbocycles. The van der Waals surface area contributed by atoms with Gasteiger partial charge < -0.3 is 10.0 Å². The Morgan fingerprint density at radius 2 is 1.50 bits per heavy atom. The number of nitrogens with zero attached hydrogens (tertiary/aromatic N) is 1. The van der Waals surface area contributed by atoms with Crippen LogP contribution in [0.3, 0.4) is 0 Å². The first-order valence-corrected chi connectivity index (χ1v) is 7.97. The minimum Gasteiger partial charge on any atom is -0.478 e. The van der Waals surface area contributed by atoms with Gasteiger partial charge in [0.15, 0.2) is 5.66 Å². The van der Waals surface area contributed by atoms with Crippen LogP contribution in [0.1, 0.15) is 29.9 Å². The summed E-state index contributed by atoms with van der Waals surface area (Å²) in [6, 6.07) is 18.8. The summed E-state index contributed by atoms with van der Waals surface area (Å²) in [4.78, 5) is 26.2. The third-order valence-corrected chi connectivity index (χ3v) is 4.57. The van der Waals surface area contributed by atoms with Crippen LogP contribution < -0.4 is 5.73 Å². The highest BCUT2D eigenvalue weighted by Gasteiger charge is 2.48. The maximum atomic E-state index is 13.2. The van der Waals surface area contributed by atoms with Gasteiger partial charge in [-0.05, 0) is 24.0 Å². The largest absolute Gasteiger partial charge is 0.478 e. The molecule has 0 radical (unpaired) electrons. The average molecular weight is 324 g/mol. The van der Waals surface area contributed by atoms with Gasteiger partial charge in [0.05, 0.1) is 5.92 Å². The van der Waals surface area contributed by atoms with E-state index in [4.69, 9.17) is 5.73 Å². The summed E-state index contributed by atoms with van der Waals surface area (Å²) in [5.74, 6) is -1.99. The normalized spacial score (nSPS) is 20.3. The van der Waals surface area contributed by atoms with E-state index in [9.17, 15) is 14.7 Å². The number of rotatable bonds is 4. The van der Waals surface area contributed by atoms with Crippen molar-refractivity contribution in [1.29, 1.82) is 0 Å². The van der Waals surface area contributed by atoms with Crippen molar-refractivity contribution in [3.8, 4) is 0 Å². The molecule has 1 heterocycles. The zero-order valence-corrected chi connectivity index (χ0v) is 13.3. The Kier molecular flexibility index (Phi) is 4.36. The number of amides is 1. The van der Waals surface area contributed by atoms with Crippen molar-refractivity contribution < 1.29 is 14.7 Å². The van der Waals surface area contributed by atoms with E-state index in [1.54, 1.807) is 0 Å². The molecule has 124 valence electrons. The van der Waals surface area contributed by atoms with Crippen molar-refractivity contribution in [2.24, 2.45) is 5.73 Å². The average Bonchev–Trinajstić information content (AvgIpc) is 3.00. The first-order valence-electron chi connectivity index (χ1n) is 7.97. The van der Waals surface area contributed by atoms with Crippen molar-refractivity contribution in [2.75, 3.05) is 6.54 Å². The summed E-state index contributed by atoms with van der Waals surface area (Å²) in [5, 5.41) is 9.50. The van der Waals surface area contributed by atoms with Crippen molar-refractivity contribution >= 4 is 11.9 Å². The Balaban J connectivity index is 2.03. The third kappa shape index (κ3) is 2.78. The zero-order chi connectivity index (χ0) is 17.2. The molecule has 3 rings (SSSR count). The number of aliphatic carboxylic acids is 1. The van der Waals surface area contributed by atoms with Crippen LogP contribution in [0.25, 0.3) is 0 Å². The van der Waals surface area contributed by atoms with E-state index in [0.717, 1.165) is 11.1 Å². The number of carboxylic acids is 1. The zero-order valence-electron chi connectivity index (χ0n) is 13.3. The molecule has 1 aliphatic rings. The lowest BCUT2D eigenvalue weighted by molar-refractivity contribution is -0.156. The summed E-state index contributed by atoms with van der Waals surface area (Å²) < 4.78 is 0. The fourth-order valence-electron chi connectivity index (χ4n) is 3.29. The maximum absolute atomic E-state index is 13.2. The van der Waals surface area contributed by atoms with Crippen LogP contribution in [0, 0.1) is 0 Å². The topological polar surface area (TPSA) is 83.6 Å². The van der Waals surface area contributed by atoms with E-state index in [2.05, 4.69) is 0 Å².